The fraction of sp³-hybridized carbons (Fsp3) is 0.400. The molecule has 0 radical (unpaired) electrons. The summed E-state index contributed by atoms with van der Waals surface area (Å²) in [5, 5.41) is 7.21. The molecule has 2 N–H and O–H groups in total. The minimum atomic E-state index is -0.371. The molecule has 32 heavy (non-hydrogen) atoms. The van der Waals surface area contributed by atoms with Crippen LogP contribution in [0.5, 0.6) is 0 Å². The Balaban J connectivity index is 1.33. The molecule has 1 aliphatic rings. The van der Waals surface area contributed by atoms with Crippen LogP contribution in [0.3, 0.4) is 0 Å². The Morgan fingerprint density at radius 3 is 2.47 bits per heavy atom. The lowest BCUT2D eigenvalue weighted by Gasteiger charge is -2.32. The number of H-pyrrole nitrogens is 1. The van der Waals surface area contributed by atoms with Crippen molar-refractivity contribution < 1.29 is 4.79 Å². The van der Waals surface area contributed by atoms with Crippen LogP contribution in [0.1, 0.15) is 57.3 Å². The molecule has 3 aromatic rings. The van der Waals surface area contributed by atoms with Crippen LogP contribution in [0.4, 0.5) is 0 Å². The third kappa shape index (κ3) is 4.83. The minimum Gasteiger partial charge on any atom is -0.348 e. The number of nitrogens with zero attached hydrogens (tertiary/aromatic N) is 3. The fourth-order valence-corrected chi connectivity index (χ4v) is 4.51. The van der Waals surface area contributed by atoms with Gasteiger partial charge in [-0.25, -0.2) is 0 Å². The van der Waals surface area contributed by atoms with Gasteiger partial charge in [0.2, 0.25) is 0 Å². The molecule has 7 nitrogen and oxygen atoms in total. The number of amides is 1. The van der Waals surface area contributed by atoms with Crippen LogP contribution in [-0.2, 0) is 20.1 Å². The van der Waals surface area contributed by atoms with Crippen LogP contribution in [0.15, 0.2) is 47.3 Å². The molecule has 1 aromatic carbocycles. The number of nitrogens with one attached hydrogen (secondary N) is 2. The number of pyridine rings is 1. The predicted octanol–water partition coefficient (Wildman–Crippen LogP) is 3.03. The maximum Gasteiger partial charge on any atom is 0.261 e. The largest absolute Gasteiger partial charge is 0.348 e. The Kier molecular flexibility index (Phi) is 6.55. The van der Waals surface area contributed by atoms with E-state index in [0.717, 1.165) is 48.6 Å². The third-order valence-electron chi connectivity index (χ3n) is 6.55. The average Bonchev–Trinajstić information content (AvgIpc) is 3.04. The number of benzene rings is 1. The lowest BCUT2D eigenvalue weighted by molar-refractivity contribution is 0.0949. The quantitative estimate of drug-likeness (QED) is 0.626. The molecule has 168 valence electrons. The standard InChI is InChI=1S/C25H31N5O2/c1-17-23(18(2)29(3)28-17)15-26-24(31)22-10-9-21(27-25(22)32)16-30-13-11-20(12-14-30)19-7-5-4-6-8-19/h4-10,20H,11-16H2,1-3H3,(H,26,31)(H,27,32). The number of piperidine rings is 1. The second kappa shape index (κ2) is 9.53. The number of carbonyl (C=O) groups excluding carboxylic acids is 1. The highest BCUT2D eigenvalue weighted by Gasteiger charge is 2.21. The highest BCUT2D eigenvalue weighted by molar-refractivity contribution is 5.93. The van der Waals surface area contributed by atoms with Crippen LogP contribution in [-0.4, -0.2) is 38.7 Å². The molecule has 3 heterocycles. The molecule has 2 aromatic heterocycles. The van der Waals surface area contributed by atoms with Gasteiger partial charge in [-0.3, -0.25) is 19.2 Å². The molecular formula is C25H31N5O2. The van der Waals surface area contributed by atoms with E-state index in [9.17, 15) is 9.59 Å². The summed E-state index contributed by atoms with van der Waals surface area (Å²) in [4.78, 5) is 30.4. The highest BCUT2D eigenvalue weighted by atomic mass is 16.2. The predicted molar refractivity (Wildman–Crippen MR) is 125 cm³/mol. The van der Waals surface area contributed by atoms with Crippen molar-refractivity contribution >= 4 is 5.91 Å². The normalized spacial score (nSPS) is 15.1. The van der Waals surface area contributed by atoms with Gasteiger partial charge in [0.1, 0.15) is 5.56 Å². The Bertz CT molecular complexity index is 1140. The summed E-state index contributed by atoms with van der Waals surface area (Å²) in [6.07, 6.45) is 2.23. The van der Waals surface area contributed by atoms with Crippen LogP contribution in [0.2, 0.25) is 0 Å². The van der Waals surface area contributed by atoms with Crippen molar-refractivity contribution in [3.63, 3.8) is 0 Å². The Morgan fingerprint density at radius 2 is 1.84 bits per heavy atom. The third-order valence-corrected chi connectivity index (χ3v) is 6.55. The van der Waals surface area contributed by atoms with Gasteiger partial charge in [0, 0.05) is 37.1 Å². The van der Waals surface area contributed by atoms with Crippen molar-refractivity contribution in [2.45, 2.75) is 45.7 Å². The van der Waals surface area contributed by atoms with Gasteiger partial charge in [-0.1, -0.05) is 30.3 Å². The number of carbonyl (C=O) groups is 1. The molecule has 4 rings (SSSR count). The molecule has 0 atom stereocenters. The Hall–Kier alpha value is -3.19. The summed E-state index contributed by atoms with van der Waals surface area (Å²) in [5.74, 6) is 0.230. The summed E-state index contributed by atoms with van der Waals surface area (Å²) in [7, 11) is 1.88. The van der Waals surface area contributed by atoms with Crippen molar-refractivity contribution in [2.24, 2.45) is 7.05 Å². The molecule has 0 aliphatic carbocycles. The molecule has 0 unspecified atom stereocenters. The summed E-state index contributed by atoms with van der Waals surface area (Å²) >= 11 is 0. The first-order valence-electron chi connectivity index (χ1n) is 11.2. The maximum absolute atomic E-state index is 12.6. The average molecular weight is 434 g/mol. The molecule has 0 bridgehead atoms. The van der Waals surface area contributed by atoms with E-state index in [1.54, 1.807) is 10.7 Å². The number of hydrogen-bond acceptors (Lipinski definition) is 4. The van der Waals surface area contributed by atoms with E-state index < -0.39 is 0 Å². The number of aryl methyl sites for hydroxylation is 2. The maximum atomic E-state index is 12.6. The van der Waals surface area contributed by atoms with Crippen LogP contribution in [0, 0.1) is 13.8 Å². The number of hydrogen-bond donors (Lipinski definition) is 2. The SMILES string of the molecule is Cc1nn(C)c(C)c1CNC(=O)c1ccc(CN2CCC(c3ccccc3)CC2)[nH]c1=O. The molecule has 7 heteroatoms. The van der Waals surface area contributed by atoms with Crippen molar-refractivity contribution in [3.8, 4) is 0 Å². The molecule has 0 spiro atoms. The first-order chi connectivity index (χ1) is 15.4. The molecule has 1 aliphatic heterocycles. The van der Waals surface area contributed by atoms with Gasteiger partial charge < -0.3 is 10.3 Å². The van der Waals surface area contributed by atoms with Crippen LogP contribution < -0.4 is 10.9 Å². The first kappa shape index (κ1) is 22.0. The van der Waals surface area contributed by atoms with E-state index in [0.29, 0.717) is 19.0 Å². The van der Waals surface area contributed by atoms with E-state index in [2.05, 4.69) is 50.6 Å². The van der Waals surface area contributed by atoms with Gasteiger partial charge in [0.15, 0.2) is 0 Å². The Labute approximate surface area is 188 Å². The lowest BCUT2D eigenvalue weighted by atomic mass is 9.89. The van der Waals surface area contributed by atoms with Crippen molar-refractivity contribution in [1.82, 2.24) is 25.0 Å². The molecule has 1 fully saturated rings. The smallest absolute Gasteiger partial charge is 0.261 e. The van der Waals surface area contributed by atoms with Gasteiger partial charge in [0.25, 0.3) is 11.5 Å². The van der Waals surface area contributed by atoms with Gasteiger partial charge in [-0.2, -0.15) is 5.10 Å². The topological polar surface area (TPSA) is 83.0 Å². The van der Waals surface area contributed by atoms with E-state index in [1.165, 1.54) is 5.56 Å². The van der Waals surface area contributed by atoms with E-state index >= 15 is 0 Å². The van der Waals surface area contributed by atoms with Gasteiger partial charge in [-0.15, -0.1) is 0 Å². The van der Waals surface area contributed by atoms with E-state index in [4.69, 9.17) is 0 Å². The van der Waals surface area contributed by atoms with Crippen LogP contribution >= 0.6 is 0 Å². The zero-order valence-electron chi connectivity index (χ0n) is 19.0. The van der Waals surface area contributed by atoms with E-state index in [-0.39, 0.29) is 17.0 Å². The minimum absolute atomic E-state index is 0.135. The van der Waals surface area contributed by atoms with Crippen LogP contribution in [0.25, 0.3) is 0 Å². The monoisotopic (exact) mass is 433 g/mol. The fourth-order valence-electron chi connectivity index (χ4n) is 4.51. The second-order valence-corrected chi connectivity index (χ2v) is 8.64. The number of aromatic nitrogens is 3. The summed E-state index contributed by atoms with van der Waals surface area (Å²) in [6.45, 7) is 6.90. The first-order valence-corrected chi connectivity index (χ1v) is 11.2. The molecule has 1 amide bonds. The van der Waals surface area contributed by atoms with Gasteiger partial charge >= 0.3 is 0 Å². The van der Waals surface area contributed by atoms with Crippen molar-refractivity contribution in [2.75, 3.05) is 13.1 Å². The van der Waals surface area contributed by atoms with Gasteiger partial charge in [0.05, 0.1) is 5.69 Å². The van der Waals surface area contributed by atoms with Gasteiger partial charge in [-0.05, 0) is 63.4 Å². The zero-order valence-corrected chi connectivity index (χ0v) is 19.0. The lowest BCUT2D eigenvalue weighted by Crippen LogP contribution is -2.34. The molecule has 1 saturated heterocycles. The highest BCUT2D eigenvalue weighted by Crippen LogP contribution is 2.28. The number of rotatable bonds is 6. The second-order valence-electron chi connectivity index (χ2n) is 8.64. The van der Waals surface area contributed by atoms with Crippen molar-refractivity contribution in [1.29, 1.82) is 0 Å². The molecule has 0 saturated carbocycles. The zero-order chi connectivity index (χ0) is 22.7. The summed E-state index contributed by atoms with van der Waals surface area (Å²) in [6, 6.07) is 14.1. The number of aromatic amines is 1. The Morgan fingerprint density at radius 1 is 1.12 bits per heavy atom. The molecular weight excluding hydrogens is 402 g/mol. The number of likely N-dealkylation sites (tertiary alicyclic amines) is 1. The van der Waals surface area contributed by atoms with Crippen molar-refractivity contribution in [3.05, 3.63) is 86.6 Å². The van der Waals surface area contributed by atoms with E-state index in [1.807, 2.05) is 27.0 Å². The summed E-state index contributed by atoms with van der Waals surface area (Å²) in [5.41, 5.74) is 4.90. The summed E-state index contributed by atoms with van der Waals surface area (Å²) < 4.78 is 1.79.